The van der Waals surface area contributed by atoms with Gasteiger partial charge in [0.2, 0.25) is 0 Å². The quantitative estimate of drug-likeness (QED) is 0.591. The van der Waals surface area contributed by atoms with Crippen molar-refractivity contribution in [3.05, 3.63) is 52.5 Å². The summed E-state index contributed by atoms with van der Waals surface area (Å²) >= 11 is 7.77. The van der Waals surface area contributed by atoms with E-state index in [2.05, 4.69) is 9.80 Å². The summed E-state index contributed by atoms with van der Waals surface area (Å²) in [7, 11) is 0. The summed E-state index contributed by atoms with van der Waals surface area (Å²) in [6.07, 6.45) is 0.0105. The summed E-state index contributed by atoms with van der Waals surface area (Å²) in [5, 5.41) is 10.8. The zero-order chi connectivity index (χ0) is 21.1. The molecule has 30 heavy (non-hydrogen) atoms. The number of thiazole rings is 1. The van der Waals surface area contributed by atoms with E-state index in [4.69, 9.17) is 26.4 Å². The molecular weight excluding hydrogens is 422 g/mol. The lowest BCUT2D eigenvalue weighted by Gasteiger charge is -2.34. The second-order valence-corrected chi connectivity index (χ2v) is 8.90. The molecule has 2 aromatic carbocycles. The standard InChI is InChI=1S/C22H24ClN3O3S/c1-15-2-3-16(13-21(27)28)12-19(15)29-11-10-25-6-8-26(9-7-25)22-24-18-5-4-17(23)14-20(18)30-22/h2-5,12,14H,6-11,13H2,1H3,(H,27,28). The fourth-order valence-corrected chi connectivity index (χ4v) is 4.85. The molecule has 0 saturated carbocycles. The number of aryl methyl sites for hydroxylation is 1. The average Bonchev–Trinajstić information content (AvgIpc) is 3.13. The maximum Gasteiger partial charge on any atom is 0.307 e. The zero-order valence-electron chi connectivity index (χ0n) is 16.8. The molecule has 1 aromatic heterocycles. The molecule has 6 nitrogen and oxygen atoms in total. The second-order valence-electron chi connectivity index (χ2n) is 7.46. The molecule has 0 bridgehead atoms. The van der Waals surface area contributed by atoms with E-state index in [1.165, 1.54) is 0 Å². The van der Waals surface area contributed by atoms with Gasteiger partial charge < -0.3 is 14.7 Å². The number of halogens is 1. The number of hydrogen-bond donors (Lipinski definition) is 1. The van der Waals surface area contributed by atoms with Crippen molar-refractivity contribution < 1.29 is 14.6 Å². The van der Waals surface area contributed by atoms with Gasteiger partial charge in [0.05, 0.1) is 16.6 Å². The summed E-state index contributed by atoms with van der Waals surface area (Å²) < 4.78 is 7.07. The van der Waals surface area contributed by atoms with E-state index in [0.29, 0.717) is 6.61 Å². The molecule has 158 valence electrons. The third-order valence-electron chi connectivity index (χ3n) is 5.25. The van der Waals surface area contributed by atoms with Gasteiger partial charge in [-0.3, -0.25) is 9.69 Å². The first-order valence-electron chi connectivity index (χ1n) is 9.95. The molecule has 1 aliphatic heterocycles. The normalized spacial score (nSPS) is 14.9. The topological polar surface area (TPSA) is 65.9 Å². The molecule has 0 unspecified atom stereocenters. The van der Waals surface area contributed by atoms with Crippen LogP contribution in [0, 0.1) is 6.92 Å². The number of aliphatic carboxylic acids is 1. The largest absolute Gasteiger partial charge is 0.492 e. The number of carbonyl (C=O) groups is 1. The second kappa shape index (κ2) is 9.20. The van der Waals surface area contributed by atoms with Crippen LogP contribution in [0.1, 0.15) is 11.1 Å². The maximum absolute atomic E-state index is 10.9. The lowest BCUT2D eigenvalue weighted by Crippen LogP contribution is -2.47. The highest BCUT2D eigenvalue weighted by Crippen LogP contribution is 2.31. The first-order chi connectivity index (χ1) is 14.5. The number of hydrogen-bond acceptors (Lipinski definition) is 6. The predicted molar refractivity (Wildman–Crippen MR) is 121 cm³/mol. The molecule has 1 saturated heterocycles. The molecule has 4 rings (SSSR count). The molecule has 2 heterocycles. The Hall–Kier alpha value is -2.35. The third kappa shape index (κ3) is 5.03. The number of rotatable bonds is 7. The predicted octanol–water partition coefficient (Wildman–Crippen LogP) is 4.09. The van der Waals surface area contributed by atoms with E-state index < -0.39 is 5.97 Å². The molecule has 0 radical (unpaired) electrons. The number of carboxylic acids is 1. The molecule has 0 atom stereocenters. The van der Waals surface area contributed by atoms with Gasteiger partial charge in [-0.1, -0.05) is 35.1 Å². The molecular formula is C22H24ClN3O3S. The summed E-state index contributed by atoms with van der Waals surface area (Å²) in [5.41, 5.74) is 2.77. The van der Waals surface area contributed by atoms with Crippen molar-refractivity contribution in [2.75, 3.05) is 44.2 Å². The van der Waals surface area contributed by atoms with Gasteiger partial charge in [-0.2, -0.15) is 0 Å². The van der Waals surface area contributed by atoms with Crippen molar-refractivity contribution in [1.82, 2.24) is 9.88 Å². The van der Waals surface area contributed by atoms with Crippen LogP contribution in [-0.4, -0.2) is 60.3 Å². The molecule has 0 aliphatic carbocycles. The Balaban J connectivity index is 1.27. The number of piperazine rings is 1. The first kappa shape index (κ1) is 20.9. The van der Waals surface area contributed by atoms with Crippen LogP contribution in [0.2, 0.25) is 5.02 Å². The number of ether oxygens (including phenoxy) is 1. The SMILES string of the molecule is Cc1ccc(CC(=O)O)cc1OCCN1CCN(c2nc3ccc(Cl)cc3s2)CC1. The van der Waals surface area contributed by atoms with Gasteiger partial charge in [-0.25, -0.2) is 4.98 Å². The van der Waals surface area contributed by atoms with Crippen molar-refractivity contribution >= 4 is 44.3 Å². The summed E-state index contributed by atoms with van der Waals surface area (Å²) in [5.74, 6) is -0.0700. The van der Waals surface area contributed by atoms with Crippen molar-refractivity contribution in [2.24, 2.45) is 0 Å². The highest BCUT2D eigenvalue weighted by atomic mass is 35.5. The monoisotopic (exact) mass is 445 g/mol. The van der Waals surface area contributed by atoms with Gasteiger partial charge in [0.15, 0.2) is 5.13 Å². The fraction of sp³-hybridized carbons (Fsp3) is 0.364. The van der Waals surface area contributed by atoms with Gasteiger partial charge >= 0.3 is 5.97 Å². The highest BCUT2D eigenvalue weighted by molar-refractivity contribution is 7.22. The van der Waals surface area contributed by atoms with Crippen LogP contribution in [0.3, 0.4) is 0 Å². The lowest BCUT2D eigenvalue weighted by molar-refractivity contribution is -0.136. The number of nitrogens with zero attached hydrogens (tertiary/aromatic N) is 3. The van der Waals surface area contributed by atoms with Crippen LogP contribution >= 0.6 is 22.9 Å². The maximum atomic E-state index is 10.9. The smallest absolute Gasteiger partial charge is 0.307 e. The number of aromatic nitrogens is 1. The Bertz CT molecular complexity index is 1050. The zero-order valence-corrected chi connectivity index (χ0v) is 18.4. The minimum absolute atomic E-state index is 0.0105. The van der Waals surface area contributed by atoms with E-state index in [9.17, 15) is 4.79 Å². The average molecular weight is 446 g/mol. The molecule has 1 aliphatic rings. The molecule has 0 spiro atoms. The minimum atomic E-state index is -0.834. The van der Waals surface area contributed by atoms with Gasteiger partial charge in [0, 0.05) is 37.7 Å². The van der Waals surface area contributed by atoms with Gasteiger partial charge in [0.1, 0.15) is 12.4 Å². The Morgan fingerprint density at radius 2 is 2.00 bits per heavy atom. The van der Waals surface area contributed by atoms with E-state index >= 15 is 0 Å². The van der Waals surface area contributed by atoms with E-state index in [-0.39, 0.29) is 6.42 Å². The summed E-state index contributed by atoms with van der Waals surface area (Å²) in [6.45, 7) is 7.17. The van der Waals surface area contributed by atoms with Crippen LogP contribution in [0.15, 0.2) is 36.4 Å². The van der Waals surface area contributed by atoms with Gasteiger partial charge in [-0.15, -0.1) is 0 Å². The van der Waals surface area contributed by atoms with Gasteiger partial charge in [0.25, 0.3) is 0 Å². The number of fused-ring (bicyclic) bond motifs is 1. The number of carboxylic acid groups (broad SMARTS) is 1. The van der Waals surface area contributed by atoms with Crippen molar-refractivity contribution in [1.29, 1.82) is 0 Å². The van der Waals surface area contributed by atoms with Crippen LogP contribution in [0.4, 0.5) is 5.13 Å². The van der Waals surface area contributed by atoms with Crippen LogP contribution < -0.4 is 9.64 Å². The highest BCUT2D eigenvalue weighted by Gasteiger charge is 2.20. The Kier molecular flexibility index (Phi) is 6.41. The third-order valence-corrected chi connectivity index (χ3v) is 6.57. The Labute approximate surface area is 184 Å². The van der Waals surface area contributed by atoms with Crippen LogP contribution in [0.25, 0.3) is 10.2 Å². The number of anilines is 1. The Morgan fingerprint density at radius 1 is 1.20 bits per heavy atom. The van der Waals surface area contributed by atoms with Crippen molar-refractivity contribution in [3.8, 4) is 5.75 Å². The summed E-state index contributed by atoms with van der Waals surface area (Å²) in [4.78, 5) is 20.4. The molecule has 3 aromatic rings. The minimum Gasteiger partial charge on any atom is -0.492 e. The fourth-order valence-electron chi connectivity index (χ4n) is 3.55. The van der Waals surface area contributed by atoms with E-state index in [1.807, 2.05) is 43.3 Å². The summed E-state index contributed by atoms with van der Waals surface area (Å²) in [6, 6.07) is 11.4. The van der Waals surface area contributed by atoms with Crippen molar-refractivity contribution in [3.63, 3.8) is 0 Å². The van der Waals surface area contributed by atoms with Crippen LogP contribution in [-0.2, 0) is 11.2 Å². The van der Waals surface area contributed by atoms with Gasteiger partial charge in [-0.05, 0) is 42.3 Å². The van der Waals surface area contributed by atoms with E-state index in [0.717, 1.165) is 70.0 Å². The molecule has 1 fully saturated rings. The number of benzene rings is 2. The Morgan fingerprint density at radius 3 is 2.77 bits per heavy atom. The lowest BCUT2D eigenvalue weighted by atomic mass is 10.1. The molecule has 1 N–H and O–H groups in total. The van der Waals surface area contributed by atoms with E-state index in [1.54, 1.807) is 11.3 Å². The van der Waals surface area contributed by atoms with Crippen LogP contribution in [0.5, 0.6) is 5.75 Å². The molecule has 0 amide bonds. The first-order valence-corrected chi connectivity index (χ1v) is 11.1. The molecule has 8 heteroatoms. The van der Waals surface area contributed by atoms with Crippen molar-refractivity contribution in [2.45, 2.75) is 13.3 Å².